The number of hydrogen-bond acceptors (Lipinski definition) is 0. The van der Waals surface area contributed by atoms with Crippen LogP contribution in [0.2, 0.25) is 0 Å². The minimum absolute atomic E-state index is 0.00539. The highest BCUT2D eigenvalue weighted by atomic mass is 19.1. The Labute approximate surface area is 378 Å². The topological polar surface area (TPSA) is 7.94 Å². The van der Waals surface area contributed by atoms with Crippen molar-refractivity contribution in [2.45, 2.75) is 131 Å². The van der Waals surface area contributed by atoms with Gasteiger partial charge in [0.25, 0.3) is 0 Å². The summed E-state index contributed by atoms with van der Waals surface area (Å²) < 4.78 is 22.9. The highest BCUT2D eigenvalue weighted by Gasteiger charge is 2.54. The summed E-state index contributed by atoms with van der Waals surface area (Å²) in [6.07, 6.45) is 2.24. The lowest BCUT2D eigenvalue weighted by molar-refractivity contribution is -0.332. The van der Waals surface area contributed by atoms with Gasteiger partial charge in [0, 0.05) is 22.9 Å². The second-order valence-corrected chi connectivity index (χ2v) is 23.1. The molecule has 2 nitrogen and oxygen atoms in total. The Morgan fingerprint density at radius 1 is 0.413 bits per heavy atom. The number of fused-ring (bicyclic) bond motifs is 2. The van der Waals surface area contributed by atoms with Gasteiger partial charge in [0.2, 0.25) is 5.70 Å². The number of allylic oxidation sites excluding steroid dienone is 2. The maximum Gasteiger partial charge on any atom is 0.847 e. The molecule has 0 saturated heterocycles. The lowest BCUT2D eigenvalue weighted by atomic mass is 9.81. The van der Waals surface area contributed by atoms with Gasteiger partial charge in [0.1, 0.15) is 0 Å². The van der Waals surface area contributed by atoms with Gasteiger partial charge in [-0.1, -0.05) is 213 Å². The quantitative estimate of drug-likeness (QED) is 0.153. The number of benzene rings is 5. The third kappa shape index (κ3) is 8.27. The van der Waals surface area contributed by atoms with Gasteiger partial charge in [-0.2, -0.15) is 0 Å². The van der Waals surface area contributed by atoms with E-state index in [1.54, 1.807) is 0 Å². The van der Waals surface area contributed by atoms with Crippen molar-refractivity contribution in [3.8, 4) is 22.4 Å². The summed E-state index contributed by atoms with van der Waals surface area (Å²) in [7, 11) is -1.55. The molecule has 0 radical (unpaired) electrons. The van der Waals surface area contributed by atoms with E-state index in [0.29, 0.717) is 0 Å². The highest BCUT2D eigenvalue weighted by molar-refractivity contribution is 6.46. The molecular formula is C59H67BFN2+. The monoisotopic (exact) mass is 834 g/mol. The molecule has 0 atom stereocenters. The first-order valence-corrected chi connectivity index (χ1v) is 22.9. The van der Waals surface area contributed by atoms with Crippen LogP contribution >= 0.6 is 0 Å². The zero-order chi connectivity index (χ0) is 45.6. The van der Waals surface area contributed by atoms with Crippen molar-refractivity contribution in [1.29, 1.82) is 0 Å². The normalized spacial score (nSPS) is 14.9. The zero-order valence-electron chi connectivity index (χ0n) is 40.6. The Kier molecular flexibility index (Phi) is 10.8. The Morgan fingerprint density at radius 3 is 1.13 bits per heavy atom. The standard InChI is InChI=1S/C59H67BFN2/c1-55(2,3)43-26-16-38(17-27-43)48-36-50(40-20-30-45(31-21-40)57(7,8)9)62-53(48)52(42-24-34-47(35-25-42)59(13,14)15)54-49(39-18-28-44(29-19-39)56(4,5)6)37-51(63(54)60(62)61)41-22-32-46(33-23-41)58(10,11)12/h16-37H,1-15H3/q+1. The van der Waals surface area contributed by atoms with Gasteiger partial charge in [-0.15, -0.1) is 0 Å². The molecule has 0 amide bonds. The van der Waals surface area contributed by atoms with E-state index in [1.807, 2.05) is 8.96 Å². The van der Waals surface area contributed by atoms with Crippen LogP contribution in [0.4, 0.5) is 4.32 Å². The summed E-state index contributed by atoms with van der Waals surface area (Å²) in [4.78, 5) is 0. The van der Waals surface area contributed by atoms with E-state index in [-0.39, 0.29) is 27.1 Å². The Morgan fingerprint density at radius 2 is 0.746 bits per heavy atom. The van der Waals surface area contributed by atoms with Gasteiger partial charge in [0.15, 0.2) is 5.71 Å². The molecule has 0 spiro atoms. The van der Waals surface area contributed by atoms with Gasteiger partial charge < -0.3 is 0 Å². The molecule has 63 heavy (non-hydrogen) atoms. The van der Waals surface area contributed by atoms with Crippen molar-refractivity contribution >= 4 is 24.1 Å². The average Bonchev–Trinajstić information content (AvgIpc) is 3.81. The van der Waals surface area contributed by atoms with Gasteiger partial charge in [-0.3, -0.25) is 4.48 Å². The second kappa shape index (κ2) is 15.4. The van der Waals surface area contributed by atoms with Gasteiger partial charge in [0.05, 0.1) is 16.8 Å². The second-order valence-electron chi connectivity index (χ2n) is 23.1. The van der Waals surface area contributed by atoms with Crippen molar-refractivity contribution in [3.63, 3.8) is 0 Å². The molecule has 0 fully saturated rings. The molecular weight excluding hydrogens is 766 g/mol. The summed E-state index contributed by atoms with van der Waals surface area (Å²) in [5, 5.41) is 0. The summed E-state index contributed by atoms with van der Waals surface area (Å²) in [5.41, 5.74) is 17.9. The highest BCUT2D eigenvalue weighted by Crippen LogP contribution is 2.49. The number of rotatable bonds is 5. The number of nitrogens with zero attached hydrogens (tertiary/aromatic N) is 2. The van der Waals surface area contributed by atoms with Crippen LogP contribution in [0.15, 0.2) is 139 Å². The summed E-state index contributed by atoms with van der Waals surface area (Å²) in [6.45, 7) is 33.7. The molecule has 3 heterocycles. The van der Waals surface area contributed by atoms with Gasteiger partial charge >= 0.3 is 7.26 Å². The molecule has 8 rings (SSSR count). The van der Waals surface area contributed by atoms with Crippen molar-refractivity contribution < 1.29 is 8.80 Å². The third-order valence-electron chi connectivity index (χ3n) is 13.2. The molecule has 6 aromatic rings. The Bertz CT molecular complexity index is 2770. The maximum absolute atomic E-state index is 18.9. The third-order valence-corrected chi connectivity index (χ3v) is 13.2. The van der Waals surface area contributed by atoms with Crippen LogP contribution in [0, 0.1) is 0 Å². The largest absolute Gasteiger partial charge is 0.847 e. The van der Waals surface area contributed by atoms with E-state index in [1.165, 1.54) is 27.8 Å². The van der Waals surface area contributed by atoms with Crippen LogP contribution in [0.5, 0.6) is 0 Å². The minimum atomic E-state index is -1.55. The van der Waals surface area contributed by atoms with Crippen LogP contribution in [0.25, 0.3) is 33.5 Å². The van der Waals surface area contributed by atoms with Crippen LogP contribution in [0.3, 0.4) is 0 Å². The summed E-state index contributed by atoms with van der Waals surface area (Å²) >= 11 is 0. The molecule has 0 aliphatic carbocycles. The summed E-state index contributed by atoms with van der Waals surface area (Å²) in [6, 6.07) is 46.8. The molecule has 322 valence electrons. The van der Waals surface area contributed by atoms with Crippen molar-refractivity contribution in [3.05, 3.63) is 189 Å². The van der Waals surface area contributed by atoms with Crippen LogP contribution in [0.1, 0.15) is 154 Å². The van der Waals surface area contributed by atoms with E-state index in [0.717, 1.165) is 67.3 Å². The molecule has 1 aromatic heterocycles. The van der Waals surface area contributed by atoms with Gasteiger partial charge in [-0.05, 0) is 95.3 Å². The number of halogens is 1. The molecule has 0 N–H and O–H groups in total. The molecule has 4 heteroatoms. The molecule has 0 unspecified atom stereocenters. The first kappa shape index (κ1) is 44.1. The predicted octanol–water partition coefficient (Wildman–Crippen LogP) is 15.5. The molecule has 2 aliphatic rings. The van der Waals surface area contributed by atoms with Crippen molar-refractivity contribution in [1.82, 2.24) is 4.48 Å². The van der Waals surface area contributed by atoms with E-state index >= 15 is 4.32 Å². The fourth-order valence-corrected chi connectivity index (χ4v) is 9.11. The van der Waals surface area contributed by atoms with Gasteiger partial charge in [-0.25, -0.2) is 8.80 Å². The van der Waals surface area contributed by atoms with Crippen LogP contribution < -0.4 is 0 Å². The minimum Gasteiger partial charge on any atom is -0.285 e. The van der Waals surface area contributed by atoms with Crippen molar-refractivity contribution in [2.24, 2.45) is 0 Å². The first-order chi connectivity index (χ1) is 29.3. The maximum atomic E-state index is 18.9. The van der Waals surface area contributed by atoms with Crippen LogP contribution in [-0.2, 0) is 27.1 Å². The van der Waals surface area contributed by atoms with E-state index in [9.17, 15) is 0 Å². The molecule has 0 bridgehead atoms. The number of hydrogen-bond donors (Lipinski definition) is 0. The molecule has 0 saturated carbocycles. The Balaban J connectivity index is 1.50. The smallest absolute Gasteiger partial charge is 0.285 e. The first-order valence-electron chi connectivity index (χ1n) is 22.9. The van der Waals surface area contributed by atoms with E-state index in [2.05, 4.69) is 237 Å². The SMILES string of the molecule is CC(C)(C)c1ccc(C2=CC(c3ccc(C(C)(C)C)cc3)=[N+]3B(F)n4c(-c5ccc(C(C)(C)C)cc5)cc(-c5ccc(C(C)(C)C)cc5)c4C(c4ccc(C(C)(C)C)cc4)=C23)cc1. The molecule has 5 aromatic carbocycles. The average molecular weight is 834 g/mol. The van der Waals surface area contributed by atoms with Crippen molar-refractivity contribution in [2.75, 3.05) is 0 Å². The predicted molar refractivity (Wildman–Crippen MR) is 269 cm³/mol. The van der Waals surface area contributed by atoms with Crippen LogP contribution in [-0.4, -0.2) is 21.9 Å². The number of aromatic nitrogens is 1. The molecule has 2 aliphatic heterocycles. The van der Waals surface area contributed by atoms with E-state index in [4.69, 9.17) is 0 Å². The summed E-state index contributed by atoms with van der Waals surface area (Å²) in [5.74, 6) is 0. The fourth-order valence-electron chi connectivity index (χ4n) is 9.11. The Hall–Kier alpha value is -5.48. The lowest BCUT2D eigenvalue weighted by Gasteiger charge is -2.25. The zero-order valence-corrected chi connectivity index (χ0v) is 40.6. The van der Waals surface area contributed by atoms with E-state index < -0.39 is 7.26 Å². The fraction of sp³-hybridized carbons (Fsp3) is 0.339. The lowest BCUT2D eigenvalue weighted by Crippen LogP contribution is -2.41.